The molecule has 2 aromatic carbocycles. The smallest absolute Gasteiger partial charge is 0.122 e. The van der Waals surface area contributed by atoms with Crippen molar-refractivity contribution in [3.05, 3.63) is 64.7 Å². The summed E-state index contributed by atoms with van der Waals surface area (Å²) in [6.07, 6.45) is 1.84. The van der Waals surface area contributed by atoms with Gasteiger partial charge in [0.25, 0.3) is 0 Å². The Hall–Kier alpha value is -1.51. The van der Waals surface area contributed by atoms with Crippen molar-refractivity contribution in [3.8, 4) is 5.75 Å². The fraction of sp³-hybridized carbons (Fsp3) is 0.294. The standard InChI is InChI=1S/C17H20ClNO/c1-20-17-8-7-16(18)11-15(17)10-14(12-19)9-13-5-3-2-4-6-13/h2-8,11,14H,9-10,12,19H2,1H3. The van der Waals surface area contributed by atoms with Crippen LogP contribution in [0.3, 0.4) is 0 Å². The van der Waals surface area contributed by atoms with E-state index >= 15 is 0 Å². The van der Waals surface area contributed by atoms with Crippen molar-refractivity contribution in [2.75, 3.05) is 13.7 Å². The fourth-order valence-corrected chi connectivity index (χ4v) is 2.60. The van der Waals surface area contributed by atoms with Gasteiger partial charge in [0.2, 0.25) is 0 Å². The molecule has 3 heteroatoms. The van der Waals surface area contributed by atoms with Crippen molar-refractivity contribution in [1.29, 1.82) is 0 Å². The zero-order valence-electron chi connectivity index (χ0n) is 11.7. The zero-order valence-corrected chi connectivity index (χ0v) is 12.4. The van der Waals surface area contributed by atoms with Gasteiger partial charge in [-0.2, -0.15) is 0 Å². The third kappa shape index (κ3) is 3.99. The van der Waals surface area contributed by atoms with Crippen molar-refractivity contribution < 1.29 is 4.74 Å². The molecular formula is C17H20ClNO. The minimum atomic E-state index is 0.379. The lowest BCUT2D eigenvalue weighted by atomic mass is 9.92. The molecular weight excluding hydrogens is 270 g/mol. The molecule has 0 aliphatic carbocycles. The van der Waals surface area contributed by atoms with Crippen molar-refractivity contribution in [2.24, 2.45) is 11.7 Å². The predicted octanol–water partition coefficient (Wildman–Crippen LogP) is 3.71. The maximum absolute atomic E-state index is 6.07. The second-order valence-corrected chi connectivity index (χ2v) is 5.39. The number of hydrogen-bond donors (Lipinski definition) is 1. The van der Waals surface area contributed by atoms with Gasteiger partial charge < -0.3 is 10.5 Å². The first kappa shape index (κ1) is 14.9. The maximum Gasteiger partial charge on any atom is 0.122 e. The molecule has 0 heterocycles. The largest absolute Gasteiger partial charge is 0.496 e. The molecule has 1 unspecified atom stereocenters. The monoisotopic (exact) mass is 289 g/mol. The van der Waals surface area contributed by atoms with Gasteiger partial charge in [0.05, 0.1) is 7.11 Å². The molecule has 0 spiro atoms. The quantitative estimate of drug-likeness (QED) is 0.880. The van der Waals surface area contributed by atoms with Crippen molar-refractivity contribution in [1.82, 2.24) is 0 Å². The summed E-state index contributed by atoms with van der Waals surface area (Å²) in [6, 6.07) is 16.1. The third-order valence-corrected chi connectivity index (χ3v) is 3.69. The molecule has 20 heavy (non-hydrogen) atoms. The Morgan fingerprint density at radius 2 is 1.85 bits per heavy atom. The second-order valence-electron chi connectivity index (χ2n) is 4.95. The average molecular weight is 290 g/mol. The predicted molar refractivity (Wildman–Crippen MR) is 84.4 cm³/mol. The third-order valence-electron chi connectivity index (χ3n) is 3.45. The van der Waals surface area contributed by atoms with Gasteiger partial charge in [-0.15, -0.1) is 0 Å². The molecule has 0 saturated carbocycles. The summed E-state index contributed by atoms with van der Waals surface area (Å²) in [5.74, 6) is 1.26. The van der Waals surface area contributed by atoms with Crippen LogP contribution in [0.5, 0.6) is 5.75 Å². The van der Waals surface area contributed by atoms with Gasteiger partial charge in [0, 0.05) is 5.02 Å². The Bertz CT molecular complexity index is 542. The first-order valence-corrected chi connectivity index (χ1v) is 7.17. The number of hydrogen-bond acceptors (Lipinski definition) is 2. The molecule has 106 valence electrons. The molecule has 0 aromatic heterocycles. The lowest BCUT2D eigenvalue weighted by molar-refractivity contribution is 0.404. The minimum Gasteiger partial charge on any atom is -0.496 e. The highest BCUT2D eigenvalue weighted by Crippen LogP contribution is 2.26. The van der Waals surface area contributed by atoms with Crippen LogP contribution >= 0.6 is 11.6 Å². The lowest BCUT2D eigenvalue weighted by Gasteiger charge is -2.17. The molecule has 0 bridgehead atoms. The summed E-state index contributed by atoms with van der Waals surface area (Å²) >= 11 is 6.07. The summed E-state index contributed by atoms with van der Waals surface area (Å²) in [6.45, 7) is 0.643. The second kappa shape index (κ2) is 7.32. The summed E-state index contributed by atoms with van der Waals surface area (Å²) in [4.78, 5) is 0. The maximum atomic E-state index is 6.07. The number of rotatable bonds is 6. The molecule has 0 aliphatic heterocycles. The van der Waals surface area contributed by atoms with Gasteiger partial charge in [-0.3, -0.25) is 0 Å². The lowest BCUT2D eigenvalue weighted by Crippen LogP contribution is -2.19. The SMILES string of the molecule is COc1ccc(Cl)cc1CC(CN)Cc1ccccc1. The van der Waals surface area contributed by atoms with Gasteiger partial charge in [0.15, 0.2) is 0 Å². The molecule has 1 atom stereocenters. The van der Waals surface area contributed by atoms with Gasteiger partial charge in [-0.25, -0.2) is 0 Å². The molecule has 0 amide bonds. The van der Waals surface area contributed by atoms with E-state index in [0.717, 1.165) is 29.2 Å². The van der Waals surface area contributed by atoms with Crippen molar-refractivity contribution >= 4 is 11.6 Å². The Morgan fingerprint density at radius 3 is 2.50 bits per heavy atom. The molecule has 0 aliphatic rings. The van der Waals surface area contributed by atoms with Crippen LogP contribution in [0.2, 0.25) is 5.02 Å². The average Bonchev–Trinajstić information content (AvgIpc) is 2.48. The van der Waals surface area contributed by atoms with Crippen LogP contribution < -0.4 is 10.5 Å². The van der Waals surface area contributed by atoms with Gasteiger partial charge in [-0.1, -0.05) is 41.9 Å². The number of methoxy groups -OCH3 is 1. The normalized spacial score (nSPS) is 12.2. The first-order valence-electron chi connectivity index (χ1n) is 6.79. The van der Waals surface area contributed by atoms with E-state index in [2.05, 4.69) is 24.3 Å². The van der Waals surface area contributed by atoms with E-state index in [9.17, 15) is 0 Å². The van der Waals surface area contributed by atoms with Crippen molar-refractivity contribution in [3.63, 3.8) is 0 Å². The van der Waals surface area contributed by atoms with E-state index in [4.69, 9.17) is 22.1 Å². The van der Waals surface area contributed by atoms with E-state index in [1.165, 1.54) is 5.56 Å². The molecule has 0 fully saturated rings. The topological polar surface area (TPSA) is 35.2 Å². The van der Waals surface area contributed by atoms with E-state index < -0.39 is 0 Å². The van der Waals surface area contributed by atoms with Crippen LogP contribution in [0.25, 0.3) is 0 Å². The van der Waals surface area contributed by atoms with E-state index in [-0.39, 0.29) is 0 Å². The molecule has 2 N–H and O–H groups in total. The number of halogens is 1. The first-order chi connectivity index (χ1) is 9.72. The minimum absolute atomic E-state index is 0.379. The molecule has 0 saturated heterocycles. The van der Waals surface area contributed by atoms with E-state index in [0.29, 0.717) is 12.5 Å². The Kier molecular flexibility index (Phi) is 5.45. The van der Waals surface area contributed by atoms with E-state index in [1.807, 2.05) is 24.3 Å². The highest BCUT2D eigenvalue weighted by atomic mass is 35.5. The Morgan fingerprint density at radius 1 is 1.10 bits per heavy atom. The summed E-state index contributed by atoms with van der Waals surface area (Å²) < 4.78 is 5.40. The number of nitrogens with two attached hydrogens (primary N) is 1. The number of benzene rings is 2. The van der Waals surface area contributed by atoms with Gasteiger partial charge >= 0.3 is 0 Å². The van der Waals surface area contributed by atoms with E-state index in [1.54, 1.807) is 7.11 Å². The molecule has 2 rings (SSSR count). The highest BCUT2D eigenvalue weighted by Gasteiger charge is 2.12. The van der Waals surface area contributed by atoms with Crippen LogP contribution in [-0.4, -0.2) is 13.7 Å². The van der Waals surface area contributed by atoms with Crippen LogP contribution in [-0.2, 0) is 12.8 Å². The summed E-state index contributed by atoms with van der Waals surface area (Å²) in [7, 11) is 1.68. The number of ether oxygens (including phenoxy) is 1. The van der Waals surface area contributed by atoms with Crippen LogP contribution in [0, 0.1) is 5.92 Å². The highest BCUT2D eigenvalue weighted by molar-refractivity contribution is 6.30. The van der Waals surface area contributed by atoms with Crippen LogP contribution in [0.1, 0.15) is 11.1 Å². The Labute approximate surface area is 125 Å². The van der Waals surface area contributed by atoms with Crippen LogP contribution in [0.15, 0.2) is 48.5 Å². The van der Waals surface area contributed by atoms with Crippen LogP contribution in [0.4, 0.5) is 0 Å². The molecule has 2 nitrogen and oxygen atoms in total. The fourth-order valence-electron chi connectivity index (χ4n) is 2.40. The van der Waals surface area contributed by atoms with Crippen molar-refractivity contribution in [2.45, 2.75) is 12.8 Å². The summed E-state index contributed by atoms with van der Waals surface area (Å²) in [5.41, 5.74) is 8.35. The zero-order chi connectivity index (χ0) is 14.4. The molecule has 0 radical (unpaired) electrons. The Balaban J connectivity index is 2.12. The molecule has 2 aromatic rings. The van der Waals surface area contributed by atoms with Gasteiger partial charge in [-0.05, 0) is 54.6 Å². The van der Waals surface area contributed by atoms with Gasteiger partial charge in [0.1, 0.15) is 5.75 Å². The summed E-state index contributed by atoms with van der Waals surface area (Å²) in [5, 5.41) is 0.733.